The molecule has 0 unspecified atom stereocenters. The van der Waals surface area contributed by atoms with Gasteiger partial charge in [-0.15, -0.1) is 0 Å². The van der Waals surface area contributed by atoms with E-state index in [0.717, 1.165) is 12.1 Å². The van der Waals surface area contributed by atoms with E-state index in [1.165, 1.54) is 11.1 Å². The van der Waals surface area contributed by atoms with Crippen molar-refractivity contribution in [2.45, 2.75) is 13.3 Å². The standard InChI is InChI=1S/C6H9N3.C6H4/c1-2-5-3-4-8-6(7)9-5;1-2-6-4-3-5(1)6/h3-4H,2H2,1H3,(H2,7,8,9);1-4H. The summed E-state index contributed by atoms with van der Waals surface area (Å²) in [4.78, 5) is 7.71. The Labute approximate surface area is 89.0 Å². The van der Waals surface area contributed by atoms with Gasteiger partial charge in [-0.1, -0.05) is 31.2 Å². The van der Waals surface area contributed by atoms with Crippen LogP contribution in [0.1, 0.15) is 12.6 Å². The molecule has 76 valence electrons. The van der Waals surface area contributed by atoms with Crippen LogP contribution >= 0.6 is 0 Å². The second kappa shape index (κ2) is 4.09. The molecule has 0 saturated heterocycles. The van der Waals surface area contributed by atoms with Crippen LogP contribution in [-0.4, -0.2) is 9.97 Å². The Balaban J connectivity index is 0.000000121. The van der Waals surface area contributed by atoms with Crippen molar-refractivity contribution in [3.8, 4) is 11.1 Å². The molecule has 0 spiro atoms. The fourth-order valence-electron chi connectivity index (χ4n) is 1.27. The van der Waals surface area contributed by atoms with Crippen LogP contribution < -0.4 is 5.73 Å². The van der Waals surface area contributed by atoms with E-state index in [0.29, 0.717) is 5.95 Å². The number of hydrogen-bond acceptors (Lipinski definition) is 3. The van der Waals surface area contributed by atoms with E-state index in [-0.39, 0.29) is 0 Å². The lowest BCUT2D eigenvalue weighted by Gasteiger charge is -2.10. The van der Waals surface area contributed by atoms with Crippen LogP contribution in [0.25, 0.3) is 11.1 Å². The summed E-state index contributed by atoms with van der Waals surface area (Å²) in [6.07, 6.45) is 2.58. The lowest BCUT2D eigenvalue weighted by Crippen LogP contribution is -1.96. The van der Waals surface area contributed by atoms with Gasteiger partial charge in [0, 0.05) is 11.9 Å². The topological polar surface area (TPSA) is 51.8 Å². The van der Waals surface area contributed by atoms with Gasteiger partial charge in [0.15, 0.2) is 0 Å². The molecule has 2 aliphatic carbocycles. The number of hydrogen-bond donors (Lipinski definition) is 1. The molecule has 1 aromatic heterocycles. The molecule has 15 heavy (non-hydrogen) atoms. The summed E-state index contributed by atoms with van der Waals surface area (Å²) in [6, 6.07) is 10.3. The van der Waals surface area contributed by atoms with E-state index < -0.39 is 0 Å². The Kier molecular flexibility index (Phi) is 2.63. The zero-order valence-electron chi connectivity index (χ0n) is 8.64. The van der Waals surface area contributed by atoms with Gasteiger partial charge in [0.2, 0.25) is 5.95 Å². The molecular formula is C12H13N3. The fourth-order valence-corrected chi connectivity index (χ4v) is 1.27. The van der Waals surface area contributed by atoms with E-state index in [1.807, 2.05) is 13.0 Å². The van der Waals surface area contributed by atoms with Crippen molar-refractivity contribution in [3.63, 3.8) is 0 Å². The number of rotatable bonds is 1. The maximum atomic E-state index is 5.31. The van der Waals surface area contributed by atoms with Crippen molar-refractivity contribution < 1.29 is 0 Å². The Morgan fingerprint density at radius 2 is 1.67 bits per heavy atom. The molecule has 0 saturated carbocycles. The highest BCUT2D eigenvalue weighted by molar-refractivity contribution is 5.75. The first-order chi connectivity index (χ1) is 7.29. The third kappa shape index (κ3) is 2.13. The second-order valence-corrected chi connectivity index (χ2v) is 3.34. The van der Waals surface area contributed by atoms with Crippen LogP contribution in [0.5, 0.6) is 0 Å². The Morgan fingerprint density at radius 1 is 1.07 bits per heavy atom. The lowest BCUT2D eigenvalue weighted by molar-refractivity contribution is 1.01. The molecule has 1 heterocycles. The molecular weight excluding hydrogens is 186 g/mol. The first kappa shape index (κ1) is 9.65. The van der Waals surface area contributed by atoms with Crippen molar-refractivity contribution in [1.29, 1.82) is 0 Å². The maximum Gasteiger partial charge on any atom is 0.220 e. The second-order valence-electron chi connectivity index (χ2n) is 3.34. The predicted molar refractivity (Wildman–Crippen MR) is 61.3 cm³/mol. The fraction of sp³-hybridized carbons (Fsp3) is 0.167. The highest BCUT2D eigenvalue weighted by Crippen LogP contribution is 2.29. The quantitative estimate of drug-likeness (QED) is 0.654. The summed E-state index contributed by atoms with van der Waals surface area (Å²) >= 11 is 0. The SMILES string of the molecule is CCc1ccnc(N)n1.c1cc2ccc1-2. The molecule has 2 aliphatic rings. The van der Waals surface area contributed by atoms with Crippen LogP contribution in [0, 0.1) is 0 Å². The van der Waals surface area contributed by atoms with E-state index in [4.69, 9.17) is 5.73 Å². The summed E-state index contributed by atoms with van der Waals surface area (Å²) in [5.74, 6) is 0.356. The third-order valence-electron chi connectivity index (χ3n) is 2.31. The van der Waals surface area contributed by atoms with E-state index in [2.05, 4.69) is 34.2 Å². The van der Waals surface area contributed by atoms with Crippen molar-refractivity contribution in [2.75, 3.05) is 5.73 Å². The number of anilines is 1. The zero-order valence-corrected chi connectivity index (χ0v) is 8.64. The summed E-state index contributed by atoms with van der Waals surface area (Å²) in [5.41, 5.74) is 9.15. The average molecular weight is 199 g/mol. The summed E-state index contributed by atoms with van der Waals surface area (Å²) in [6.45, 7) is 2.03. The van der Waals surface area contributed by atoms with E-state index in [9.17, 15) is 0 Å². The Hall–Kier alpha value is -1.90. The van der Waals surface area contributed by atoms with Crippen LogP contribution in [0.4, 0.5) is 5.95 Å². The monoisotopic (exact) mass is 199 g/mol. The van der Waals surface area contributed by atoms with Crippen LogP contribution in [0.15, 0.2) is 36.5 Å². The first-order valence-electron chi connectivity index (χ1n) is 4.97. The molecule has 0 aliphatic heterocycles. The van der Waals surface area contributed by atoms with Crippen LogP contribution in [-0.2, 0) is 6.42 Å². The number of benzene rings is 1. The van der Waals surface area contributed by atoms with Gasteiger partial charge in [-0.3, -0.25) is 0 Å². The molecule has 3 nitrogen and oxygen atoms in total. The predicted octanol–water partition coefficient (Wildman–Crippen LogP) is 2.29. The van der Waals surface area contributed by atoms with E-state index >= 15 is 0 Å². The molecule has 0 amide bonds. The molecule has 3 heteroatoms. The minimum Gasteiger partial charge on any atom is -0.368 e. The third-order valence-corrected chi connectivity index (χ3v) is 2.31. The summed E-state index contributed by atoms with van der Waals surface area (Å²) < 4.78 is 0. The largest absolute Gasteiger partial charge is 0.368 e. The van der Waals surface area contributed by atoms with Crippen LogP contribution in [0.3, 0.4) is 0 Å². The molecule has 0 aromatic carbocycles. The van der Waals surface area contributed by atoms with Gasteiger partial charge in [0.05, 0.1) is 0 Å². The maximum absolute atomic E-state index is 5.31. The number of aryl methyl sites for hydroxylation is 1. The molecule has 3 rings (SSSR count). The Bertz CT molecular complexity index is 428. The minimum absolute atomic E-state index is 0.356. The highest BCUT2D eigenvalue weighted by atomic mass is 15.0. The van der Waals surface area contributed by atoms with Gasteiger partial charge >= 0.3 is 0 Å². The van der Waals surface area contributed by atoms with Crippen LogP contribution in [0.2, 0.25) is 0 Å². The lowest BCUT2D eigenvalue weighted by atomic mass is 9.95. The smallest absolute Gasteiger partial charge is 0.220 e. The van der Waals surface area contributed by atoms with Gasteiger partial charge in [0.25, 0.3) is 0 Å². The normalized spacial score (nSPS) is 10.2. The van der Waals surface area contributed by atoms with Crippen molar-refractivity contribution in [2.24, 2.45) is 0 Å². The van der Waals surface area contributed by atoms with Gasteiger partial charge in [-0.05, 0) is 23.6 Å². The van der Waals surface area contributed by atoms with Gasteiger partial charge in [0.1, 0.15) is 0 Å². The summed E-state index contributed by atoms with van der Waals surface area (Å²) in [5, 5.41) is 0. The molecule has 2 N–H and O–H groups in total. The molecule has 0 atom stereocenters. The number of nitrogens with zero attached hydrogens (tertiary/aromatic N) is 2. The highest BCUT2D eigenvalue weighted by Gasteiger charge is 2.03. The molecule has 0 bridgehead atoms. The molecule has 0 radical (unpaired) electrons. The zero-order chi connectivity index (χ0) is 10.7. The Morgan fingerprint density at radius 3 is 1.93 bits per heavy atom. The average Bonchev–Trinajstić information content (AvgIpc) is 2.24. The van der Waals surface area contributed by atoms with Crippen molar-refractivity contribution in [1.82, 2.24) is 9.97 Å². The van der Waals surface area contributed by atoms with Gasteiger partial charge in [-0.25, -0.2) is 9.97 Å². The van der Waals surface area contributed by atoms with Gasteiger partial charge in [-0.2, -0.15) is 0 Å². The number of aromatic nitrogens is 2. The molecule has 1 aromatic rings. The van der Waals surface area contributed by atoms with Gasteiger partial charge < -0.3 is 5.73 Å². The van der Waals surface area contributed by atoms with Crippen molar-refractivity contribution in [3.05, 3.63) is 42.2 Å². The number of nitrogens with two attached hydrogens (primary N) is 1. The van der Waals surface area contributed by atoms with Crippen molar-refractivity contribution >= 4 is 5.95 Å². The minimum atomic E-state index is 0.356. The van der Waals surface area contributed by atoms with E-state index in [1.54, 1.807) is 6.20 Å². The molecule has 0 fully saturated rings. The summed E-state index contributed by atoms with van der Waals surface area (Å²) in [7, 11) is 0. The first-order valence-corrected chi connectivity index (χ1v) is 4.97. The number of fused-ring (bicyclic) bond motifs is 1. The number of nitrogen functional groups attached to an aromatic ring is 1.